The molecule has 5 heteroatoms. The van der Waals surface area contributed by atoms with Crippen LogP contribution >= 0.6 is 0 Å². The lowest BCUT2D eigenvalue weighted by Gasteiger charge is -2.17. The summed E-state index contributed by atoms with van der Waals surface area (Å²) in [5.74, 6) is 0. The van der Waals surface area contributed by atoms with Gasteiger partial charge in [-0.05, 0) is 35.4 Å². The average molecular weight is 393 g/mol. The summed E-state index contributed by atoms with van der Waals surface area (Å²) in [6, 6.07) is 26.5. The number of rotatable bonds is 8. The number of hydrogen-bond donors (Lipinski definition) is 1. The van der Waals surface area contributed by atoms with E-state index in [1.54, 1.807) is 31.3 Å². The zero-order chi connectivity index (χ0) is 19.8. The first-order chi connectivity index (χ1) is 13.6. The predicted molar refractivity (Wildman–Crippen MR) is 116 cm³/mol. The van der Waals surface area contributed by atoms with Crippen LogP contribution in [0, 0.1) is 0 Å². The van der Waals surface area contributed by atoms with E-state index in [-0.39, 0.29) is 4.90 Å². The highest BCUT2D eigenvalue weighted by molar-refractivity contribution is 7.89. The largest absolute Gasteiger partial charge is 0.382 e. The molecule has 0 radical (unpaired) electrons. The summed E-state index contributed by atoms with van der Waals surface area (Å²) in [6.45, 7) is 1.00. The second kappa shape index (κ2) is 9.35. The maximum absolute atomic E-state index is 12.8. The number of nitrogens with one attached hydrogen (secondary N) is 1. The van der Waals surface area contributed by atoms with Gasteiger partial charge in [-0.3, -0.25) is 0 Å². The van der Waals surface area contributed by atoms with Gasteiger partial charge in [-0.1, -0.05) is 72.8 Å². The molecule has 0 saturated carbocycles. The first-order valence-electron chi connectivity index (χ1n) is 9.11. The number of nitrogens with zero attached hydrogens (tertiary/aromatic N) is 1. The topological polar surface area (TPSA) is 49.4 Å². The van der Waals surface area contributed by atoms with Gasteiger partial charge in [-0.15, -0.1) is 0 Å². The van der Waals surface area contributed by atoms with Gasteiger partial charge in [-0.25, -0.2) is 8.42 Å². The fourth-order valence-corrected chi connectivity index (χ4v) is 3.95. The molecule has 0 aliphatic carbocycles. The fraction of sp³-hybridized carbons (Fsp3) is 0.130. The Labute approximate surface area is 167 Å². The smallest absolute Gasteiger partial charge is 0.243 e. The molecule has 0 unspecified atom stereocenters. The van der Waals surface area contributed by atoms with Gasteiger partial charge >= 0.3 is 0 Å². The van der Waals surface area contributed by atoms with Gasteiger partial charge in [0.05, 0.1) is 4.90 Å². The van der Waals surface area contributed by atoms with Gasteiger partial charge in [0.15, 0.2) is 0 Å². The quantitative estimate of drug-likeness (QED) is 0.608. The molecular weight excluding hydrogens is 368 g/mol. The van der Waals surface area contributed by atoms with E-state index < -0.39 is 10.0 Å². The second-order valence-corrected chi connectivity index (χ2v) is 8.51. The van der Waals surface area contributed by atoms with Gasteiger partial charge in [0.1, 0.15) is 0 Å². The van der Waals surface area contributed by atoms with Crippen LogP contribution in [0.15, 0.2) is 95.9 Å². The molecular formula is C23H24N2O2S. The number of sulfonamides is 1. The Bertz CT molecular complexity index is 999. The van der Waals surface area contributed by atoms with E-state index in [4.69, 9.17) is 0 Å². The molecule has 0 heterocycles. The zero-order valence-electron chi connectivity index (χ0n) is 15.8. The minimum absolute atomic E-state index is 0.288. The van der Waals surface area contributed by atoms with Crippen molar-refractivity contribution in [1.82, 2.24) is 4.31 Å². The van der Waals surface area contributed by atoms with Crippen LogP contribution in [-0.2, 0) is 16.6 Å². The number of hydrogen-bond acceptors (Lipinski definition) is 3. The van der Waals surface area contributed by atoms with Gasteiger partial charge in [0, 0.05) is 25.8 Å². The van der Waals surface area contributed by atoms with Crippen molar-refractivity contribution in [2.75, 3.05) is 18.9 Å². The Morgan fingerprint density at radius 3 is 2.11 bits per heavy atom. The van der Waals surface area contributed by atoms with Crippen LogP contribution in [0.5, 0.6) is 0 Å². The van der Waals surface area contributed by atoms with E-state index in [0.29, 0.717) is 13.1 Å². The van der Waals surface area contributed by atoms with Crippen molar-refractivity contribution in [2.45, 2.75) is 11.4 Å². The highest BCUT2D eigenvalue weighted by Crippen LogP contribution is 2.19. The van der Waals surface area contributed by atoms with Crippen LogP contribution < -0.4 is 5.32 Å². The molecule has 3 rings (SSSR count). The lowest BCUT2D eigenvalue weighted by atomic mass is 10.2. The molecule has 0 amide bonds. The van der Waals surface area contributed by atoms with Gasteiger partial charge < -0.3 is 5.32 Å². The zero-order valence-corrected chi connectivity index (χ0v) is 16.6. The number of benzene rings is 3. The van der Waals surface area contributed by atoms with Crippen LogP contribution in [0.4, 0.5) is 5.69 Å². The van der Waals surface area contributed by atoms with E-state index >= 15 is 0 Å². The molecule has 28 heavy (non-hydrogen) atoms. The number of anilines is 1. The molecule has 144 valence electrons. The molecule has 3 aromatic carbocycles. The third-order valence-electron chi connectivity index (χ3n) is 4.34. The molecule has 4 nitrogen and oxygen atoms in total. The van der Waals surface area contributed by atoms with Crippen LogP contribution in [0.3, 0.4) is 0 Å². The molecule has 0 saturated heterocycles. The van der Waals surface area contributed by atoms with Crippen molar-refractivity contribution in [3.8, 4) is 0 Å². The van der Waals surface area contributed by atoms with Crippen molar-refractivity contribution >= 4 is 21.8 Å². The normalized spacial score (nSPS) is 11.8. The van der Waals surface area contributed by atoms with Gasteiger partial charge in [0.2, 0.25) is 10.0 Å². The highest BCUT2D eigenvalue weighted by Gasteiger charge is 2.20. The van der Waals surface area contributed by atoms with Crippen molar-refractivity contribution in [3.05, 3.63) is 102 Å². The molecule has 0 atom stereocenters. The summed E-state index contributed by atoms with van der Waals surface area (Å²) in [6.07, 6.45) is 4.08. The standard InChI is InChI=1S/C23H24N2O2S/c1-25(19-21-11-6-3-7-12-21)28(26,27)23-16-14-22(15-17-23)24-18-8-13-20-9-4-2-5-10-20/h2-17,24H,18-19H2,1H3/b13-8+. The molecule has 0 aromatic heterocycles. The third kappa shape index (κ3) is 5.31. The summed E-state index contributed by atoms with van der Waals surface area (Å²) in [5, 5.41) is 3.27. The van der Waals surface area contributed by atoms with Gasteiger partial charge in [0.25, 0.3) is 0 Å². The van der Waals surface area contributed by atoms with Crippen molar-refractivity contribution in [2.24, 2.45) is 0 Å². The van der Waals surface area contributed by atoms with Crippen molar-refractivity contribution in [1.29, 1.82) is 0 Å². The summed E-state index contributed by atoms with van der Waals surface area (Å²) in [4.78, 5) is 0.288. The van der Waals surface area contributed by atoms with Crippen LogP contribution in [0.2, 0.25) is 0 Å². The van der Waals surface area contributed by atoms with E-state index in [0.717, 1.165) is 16.8 Å². The third-order valence-corrected chi connectivity index (χ3v) is 6.16. The van der Waals surface area contributed by atoms with Crippen LogP contribution in [0.1, 0.15) is 11.1 Å². The van der Waals surface area contributed by atoms with Crippen LogP contribution in [-0.4, -0.2) is 26.3 Å². The second-order valence-electron chi connectivity index (χ2n) is 6.47. The first kappa shape index (κ1) is 19.9. The summed E-state index contributed by atoms with van der Waals surface area (Å²) < 4.78 is 26.9. The maximum Gasteiger partial charge on any atom is 0.243 e. The molecule has 0 aliphatic heterocycles. The van der Waals surface area contributed by atoms with E-state index in [1.807, 2.05) is 72.8 Å². The highest BCUT2D eigenvalue weighted by atomic mass is 32.2. The summed E-state index contributed by atoms with van der Waals surface area (Å²) in [5.41, 5.74) is 2.98. The Balaban J connectivity index is 1.59. The monoisotopic (exact) mass is 392 g/mol. The average Bonchev–Trinajstić information content (AvgIpc) is 2.73. The molecule has 0 bridgehead atoms. The van der Waals surface area contributed by atoms with Crippen LogP contribution in [0.25, 0.3) is 6.08 Å². The lowest BCUT2D eigenvalue weighted by Crippen LogP contribution is -2.26. The predicted octanol–water partition coefficient (Wildman–Crippen LogP) is 4.63. The van der Waals surface area contributed by atoms with E-state index in [9.17, 15) is 8.42 Å². The molecule has 0 aliphatic rings. The van der Waals surface area contributed by atoms with E-state index in [1.165, 1.54) is 4.31 Å². The van der Waals surface area contributed by atoms with E-state index in [2.05, 4.69) is 5.32 Å². The molecule has 3 aromatic rings. The minimum Gasteiger partial charge on any atom is -0.382 e. The summed E-state index contributed by atoms with van der Waals surface area (Å²) in [7, 11) is -1.92. The Kier molecular flexibility index (Phi) is 6.63. The van der Waals surface area contributed by atoms with Gasteiger partial charge in [-0.2, -0.15) is 4.31 Å². The van der Waals surface area contributed by atoms with Crippen molar-refractivity contribution in [3.63, 3.8) is 0 Å². The van der Waals surface area contributed by atoms with Crippen molar-refractivity contribution < 1.29 is 8.42 Å². The SMILES string of the molecule is CN(Cc1ccccc1)S(=O)(=O)c1ccc(NC/C=C/c2ccccc2)cc1. The lowest BCUT2D eigenvalue weighted by molar-refractivity contribution is 0.467. The molecule has 1 N–H and O–H groups in total. The minimum atomic E-state index is -3.52. The fourth-order valence-electron chi connectivity index (χ4n) is 2.79. The first-order valence-corrected chi connectivity index (χ1v) is 10.6. The molecule has 0 fully saturated rings. The molecule has 0 spiro atoms. The summed E-state index contributed by atoms with van der Waals surface area (Å²) >= 11 is 0. The Morgan fingerprint density at radius 2 is 1.46 bits per heavy atom. The Morgan fingerprint density at radius 1 is 0.857 bits per heavy atom. The maximum atomic E-state index is 12.8. The Hall–Kier alpha value is -2.89.